The van der Waals surface area contributed by atoms with Crippen LogP contribution in [0.3, 0.4) is 0 Å². The van der Waals surface area contributed by atoms with Crippen molar-refractivity contribution in [3.8, 4) is 5.69 Å². The molecule has 1 unspecified atom stereocenters. The first kappa shape index (κ1) is 22.8. The fourth-order valence-electron chi connectivity index (χ4n) is 4.36. The van der Waals surface area contributed by atoms with Crippen molar-refractivity contribution in [3.63, 3.8) is 0 Å². The van der Waals surface area contributed by atoms with Crippen LogP contribution in [0.4, 0.5) is 0 Å². The summed E-state index contributed by atoms with van der Waals surface area (Å²) < 4.78 is 2.00. The zero-order valence-electron chi connectivity index (χ0n) is 19.9. The van der Waals surface area contributed by atoms with Gasteiger partial charge < -0.3 is 10.2 Å². The van der Waals surface area contributed by atoms with Crippen molar-refractivity contribution in [1.29, 1.82) is 0 Å². The number of aryl methyl sites for hydroxylation is 1. The van der Waals surface area contributed by atoms with Gasteiger partial charge in [-0.1, -0.05) is 68.0 Å². The molecule has 4 rings (SSSR count). The summed E-state index contributed by atoms with van der Waals surface area (Å²) in [5, 5.41) is 7.83. The molecule has 0 aliphatic carbocycles. The van der Waals surface area contributed by atoms with E-state index >= 15 is 0 Å². The van der Waals surface area contributed by atoms with Gasteiger partial charge in [0, 0.05) is 18.2 Å². The molecule has 1 aromatic heterocycles. The summed E-state index contributed by atoms with van der Waals surface area (Å²) in [5.74, 6) is 0.972. The van der Waals surface area contributed by atoms with Gasteiger partial charge in [-0.25, -0.2) is 4.68 Å². The molecule has 1 N–H and O–H groups in total. The Morgan fingerprint density at radius 2 is 1.94 bits per heavy atom. The maximum Gasteiger partial charge on any atom is 0.239 e. The van der Waals surface area contributed by atoms with Crippen molar-refractivity contribution in [2.45, 2.75) is 46.1 Å². The van der Waals surface area contributed by atoms with Gasteiger partial charge in [-0.15, -0.1) is 0 Å². The van der Waals surface area contributed by atoms with Gasteiger partial charge in [-0.3, -0.25) is 4.79 Å². The minimum atomic E-state index is 0.0216. The van der Waals surface area contributed by atoms with Crippen LogP contribution in [0.15, 0.2) is 72.9 Å². The number of rotatable bonds is 8. The number of amides is 1. The molecule has 0 bridgehead atoms. The average molecular weight is 443 g/mol. The lowest BCUT2D eigenvalue weighted by Crippen LogP contribution is -2.36. The van der Waals surface area contributed by atoms with E-state index in [1.807, 2.05) is 22.9 Å². The normalized spacial score (nSPS) is 15.8. The highest BCUT2D eigenvalue weighted by Crippen LogP contribution is 2.25. The zero-order valence-corrected chi connectivity index (χ0v) is 19.9. The van der Waals surface area contributed by atoms with Crippen LogP contribution >= 0.6 is 0 Å². The molecule has 2 heterocycles. The predicted octanol–water partition coefficient (Wildman–Crippen LogP) is 5.00. The van der Waals surface area contributed by atoms with Crippen LogP contribution in [0.2, 0.25) is 0 Å². The van der Waals surface area contributed by atoms with E-state index in [9.17, 15) is 4.79 Å². The second kappa shape index (κ2) is 10.5. The van der Waals surface area contributed by atoms with E-state index in [1.165, 1.54) is 16.8 Å². The number of benzene rings is 2. The number of aromatic nitrogens is 2. The molecule has 33 heavy (non-hydrogen) atoms. The molecule has 1 atom stereocenters. The van der Waals surface area contributed by atoms with Gasteiger partial charge in [0.2, 0.25) is 5.91 Å². The van der Waals surface area contributed by atoms with Crippen LogP contribution in [0, 0.1) is 12.8 Å². The summed E-state index contributed by atoms with van der Waals surface area (Å²) in [6.45, 7) is 8.23. The summed E-state index contributed by atoms with van der Waals surface area (Å²) in [6.07, 6.45) is 6.25. The second-order valence-electron chi connectivity index (χ2n) is 9.37. The molecule has 5 nitrogen and oxygen atoms in total. The fraction of sp³-hybridized carbons (Fsp3) is 0.357. The molecule has 0 saturated carbocycles. The molecule has 1 amide bonds. The average Bonchev–Trinajstić information content (AvgIpc) is 3.21. The van der Waals surface area contributed by atoms with Gasteiger partial charge in [0.05, 0.1) is 24.5 Å². The summed E-state index contributed by atoms with van der Waals surface area (Å²) in [4.78, 5) is 14.7. The molecule has 172 valence electrons. The fourth-order valence-corrected chi connectivity index (χ4v) is 4.36. The third-order valence-electron chi connectivity index (χ3n) is 5.99. The summed E-state index contributed by atoms with van der Waals surface area (Å²) in [5.41, 5.74) is 5.74. The summed E-state index contributed by atoms with van der Waals surface area (Å²) in [6, 6.07) is 21.0. The Morgan fingerprint density at radius 1 is 1.12 bits per heavy atom. The van der Waals surface area contributed by atoms with Crippen molar-refractivity contribution < 1.29 is 4.79 Å². The molecule has 2 aromatic carbocycles. The Bertz CT molecular complexity index is 1100. The highest BCUT2D eigenvalue weighted by atomic mass is 16.2. The van der Waals surface area contributed by atoms with Gasteiger partial charge >= 0.3 is 0 Å². The van der Waals surface area contributed by atoms with Crippen molar-refractivity contribution in [1.82, 2.24) is 20.0 Å². The molecular formula is C28H34N4O. The second-order valence-corrected chi connectivity index (χ2v) is 9.37. The number of carbonyl (C=O) groups excluding carboxylic acids is 1. The zero-order chi connectivity index (χ0) is 23.2. The van der Waals surface area contributed by atoms with Crippen molar-refractivity contribution in [2.75, 3.05) is 13.1 Å². The number of hydrogen-bond acceptors (Lipinski definition) is 3. The Kier molecular flexibility index (Phi) is 7.28. The smallest absolute Gasteiger partial charge is 0.239 e. The Hall–Kier alpha value is -3.34. The van der Waals surface area contributed by atoms with E-state index < -0.39 is 0 Å². The minimum Gasteiger partial charge on any atom is -0.368 e. The maximum atomic E-state index is 12.6. The maximum absolute atomic E-state index is 12.6. The quantitative estimate of drug-likeness (QED) is 0.534. The standard InChI is InChI=1S/C28H34N4O/c1-21(2)16-27-18-25(30-32(27)26-10-5-4-6-11-26)19-29-28(33)20-31-14-12-23(13-15-31)24-9-7-8-22(3)17-24/h4-12,14,17-18,21,23H,13,15-16,19-20H2,1-3H3,(H,29,33). The largest absolute Gasteiger partial charge is 0.368 e. The van der Waals surface area contributed by atoms with Gasteiger partial charge in [0.1, 0.15) is 0 Å². The molecular weight excluding hydrogens is 408 g/mol. The van der Waals surface area contributed by atoms with E-state index in [2.05, 4.69) is 85.7 Å². The summed E-state index contributed by atoms with van der Waals surface area (Å²) >= 11 is 0. The van der Waals surface area contributed by atoms with Crippen LogP contribution in [0.5, 0.6) is 0 Å². The molecule has 1 aliphatic rings. The molecule has 0 fully saturated rings. The number of carbonyl (C=O) groups is 1. The first-order valence-electron chi connectivity index (χ1n) is 11.9. The van der Waals surface area contributed by atoms with E-state index in [4.69, 9.17) is 5.10 Å². The highest BCUT2D eigenvalue weighted by Gasteiger charge is 2.17. The van der Waals surface area contributed by atoms with Crippen molar-refractivity contribution in [2.24, 2.45) is 5.92 Å². The third-order valence-corrected chi connectivity index (χ3v) is 5.99. The van der Waals surface area contributed by atoms with Crippen molar-refractivity contribution >= 4 is 5.91 Å². The lowest BCUT2D eigenvalue weighted by Gasteiger charge is -2.27. The molecule has 5 heteroatoms. The van der Waals surface area contributed by atoms with Crippen LogP contribution in [-0.2, 0) is 17.8 Å². The molecule has 0 spiro atoms. The number of nitrogens with one attached hydrogen (secondary N) is 1. The summed E-state index contributed by atoms with van der Waals surface area (Å²) in [7, 11) is 0. The molecule has 3 aromatic rings. The minimum absolute atomic E-state index is 0.0216. The first-order chi connectivity index (χ1) is 16.0. The third kappa shape index (κ3) is 6.13. The Balaban J connectivity index is 1.33. The number of para-hydroxylation sites is 1. The van der Waals surface area contributed by atoms with Gasteiger partial charge in [0.25, 0.3) is 0 Å². The van der Waals surface area contributed by atoms with Crippen LogP contribution in [0.1, 0.15) is 48.7 Å². The van der Waals surface area contributed by atoms with Crippen LogP contribution in [-0.4, -0.2) is 33.7 Å². The van der Waals surface area contributed by atoms with E-state index in [1.54, 1.807) is 0 Å². The highest BCUT2D eigenvalue weighted by molar-refractivity contribution is 5.78. The SMILES string of the molecule is Cc1cccc(C2C=CN(CC(=O)NCc3cc(CC(C)C)n(-c4ccccc4)n3)CC2)c1. The first-order valence-corrected chi connectivity index (χ1v) is 11.9. The Labute approximate surface area is 197 Å². The molecule has 1 aliphatic heterocycles. The Morgan fingerprint density at radius 3 is 2.64 bits per heavy atom. The van der Waals surface area contributed by atoms with E-state index in [0.29, 0.717) is 24.9 Å². The van der Waals surface area contributed by atoms with Crippen LogP contribution in [0.25, 0.3) is 5.69 Å². The van der Waals surface area contributed by atoms with Gasteiger partial charge in [0.15, 0.2) is 0 Å². The van der Waals surface area contributed by atoms with E-state index in [-0.39, 0.29) is 5.91 Å². The lowest BCUT2D eigenvalue weighted by atomic mass is 9.92. The topological polar surface area (TPSA) is 50.2 Å². The van der Waals surface area contributed by atoms with Crippen molar-refractivity contribution in [3.05, 3.63) is 95.5 Å². The van der Waals surface area contributed by atoms with Crippen LogP contribution < -0.4 is 5.32 Å². The van der Waals surface area contributed by atoms with Gasteiger partial charge in [-0.2, -0.15) is 5.10 Å². The molecule has 0 radical (unpaired) electrons. The number of hydrogen-bond donors (Lipinski definition) is 1. The van der Waals surface area contributed by atoms with E-state index in [0.717, 1.165) is 30.8 Å². The predicted molar refractivity (Wildman–Crippen MR) is 133 cm³/mol. The number of nitrogens with zero attached hydrogens (tertiary/aromatic N) is 3. The lowest BCUT2D eigenvalue weighted by molar-refractivity contribution is -0.121. The molecule has 0 saturated heterocycles. The van der Waals surface area contributed by atoms with Gasteiger partial charge in [-0.05, 0) is 55.6 Å². The monoisotopic (exact) mass is 442 g/mol. The number of allylic oxidation sites excluding steroid dienone is 1.